The second-order valence-electron chi connectivity index (χ2n) is 4.05. The zero-order valence-electron chi connectivity index (χ0n) is 11.8. The largest absolute Gasteiger partial charge is 0.385 e. The zero-order valence-corrected chi connectivity index (χ0v) is 11.8. The van der Waals surface area contributed by atoms with E-state index in [4.69, 9.17) is 15.2 Å². The molecule has 7 heteroatoms. The van der Waals surface area contributed by atoms with E-state index in [-0.39, 0.29) is 5.95 Å². The van der Waals surface area contributed by atoms with Crippen molar-refractivity contribution in [3.8, 4) is 0 Å². The first-order chi connectivity index (χ1) is 9.21. The van der Waals surface area contributed by atoms with E-state index in [2.05, 4.69) is 20.2 Å². The highest BCUT2D eigenvalue weighted by Gasteiger charge is 2.10. The number of hydrogen-bond donors (Lipinski definition) is 2. The third kappa shape index (κ3) is 5.27. The zero-order chi connectivity index (χ0) is 14.1. The number of anilines is 3. The van der Waals surface area contributed by atoms with Gasteiger partial charge in [-0.15, -0.1) is 0 Å². The van der Waals surface area contributed by atoms with Crippen molar-refractivity contribution in [2.24, 2.45) is 0 Å². The summed E-state index contributed by atoms with van der Waals surface area (Å²) in [6.07, 6.45) is 0.916. The molecule has 0 fully saturated rings. The van der Waals surface area contributed by atoms with Gasteiger partial charge in [0.05, 0.1) is 6.61 Å². The van der Waals surface area contributed by atoms with E-state index in [0.29, 0.717) is 19.0 Å². The average Bonchev–Trinajstić information content (AvgIpc) is 2.42. The number of nitrogens with two attached hydrogens (primary N) is 1. The van der Waals surface area contributed by atoms with Crippen LogP contribution < -0.4 is 16.0 Å². The maximum atomic E-state index is 5.71. The Balaban J connectivity index is 2.79. The summed E-state index contributed by atoms with van der Waals surface area (Å²) in [4.78, 5) is 10.5. The molecule has 3 N–H and O–H groups in total. The molecule has 1 aromatic heterocycles. The maximum absolute atomic E-state index is 5.71. The Morgan fingerprint density at radius 2 is 1.95 bits per heavy atom. The van der Waals surface area contributed by atoms with E-state index >= 15 is 0 Å². The smallest absolute Gasteiger partial charge is 0.223 e. The molecule has 108 valence electrons. The Hall–Kier alpha value is -1.60. The number of nitrogens with zero attached hydrogens (tertiary/aromatic N) is 3. The van der Waals surface area contributed by atoms with Crippen molar-refractivity contribution in [2.45, 2.75) is 6.42 Å². The van der Waals surface area contributed by atoms with Crippen LogP contribution in [-0.4, -0.2) is 57.5 Å². The molecule has 7 nitrogen and oxygen atoms in total. The molecule has 0 saturated heterocycles. The summed E-state index contributed by atoms with van der Waals surface area (Å²) in [5.74, 6) is 1.76. The second kappa shape index (κ2) is 8.49. The molecule has 0 aromatic carbocycles. The van der Waals surface area contributed by atoms with Crippen molar-refractivity contribution in [3.63, 3.8) is 0 Å². The maximum Gasteiger partial charge on any atom is 0.223 e. The van der Waals surface area contributed by atoms with Crippen LogP contribution in [0.3, 0.4) is 0 Å². The van der Waals surface area contributed by atoms with Gasteiger partial charge in [-0.05, 0) is 6.42 Å². The highest BCUT2D eigenvalue weighted by Crippen LogP contribution is 2.16. The highest BCUT2D eigenvalue weighted by molar-refractivity contribution is 5.52. The van der Waals surface area contributed by atoms with Crippen molar-refractivity contribution < 1.29 is 9.47 Å². The predicted molar refractivity (Wildman–Crippen MR) is 76.6 cm³/mol. The van der Waals surface area contributed by atoms with Gasteiger partial charge in [-0.3, -0.25) is 0 Å². The first-order valence-electron chi connectivity index (χ1n) is 6.26. The van der Waals surface area contributed by atoms with Gasteiger partial charge < -0.3 is 25.4 Å². The van der Waals surface area contributed by atoms with Gasteiger partial charge in [-0.25, -0.2) is 0 Å². The summed E-state index contributed by atoms with van der Waals surface area (Å²) < 4.78 is 10.2. The van der Waals surface area contributed by atoms with E-state index < -0.39 is 0 Å². The van der Waals surface area contributed by atoms with Gasteiger partial charge in [-0.1, -0.05) is 0 Å². The van der Waals surface area contributed by atoms with Crippen molar-refractivity contribution in [1.29, 1.82) is 0 Å². The number of ether oxygens (including phenoxy) is 2. The Morgan fingerprint density at radius 3 is 2.58 bits per heavy atom. The first-order valence-corrected chi connectivity index (χ1v) is 6.26. The minimum atomic E-state index is 0.260. The number of methoxy groups -OCH3 is 2. The molecule has 0 radical (unpaired) electrons. The molecule has 1 heterocycles. The molecule has 0 bridgehead atoms. The summed E-state index contributed by atoms with van der Waals surface area (Å²) in [7, 11) is 5.18. The second-order valence-corrected chi connectivity index (χ2v) is 4.05. The Kier molecular flexibility index (Phi) is 6.91. The summed E-state index contributed by atoms with van der Waals surface area (Å²) in [6.45, 7) is 2.92. The van der Waals surface area contributed by atoms with Crippen molar-refractivity contribution in [2.75, 3.05) is 63.5 Å². The van der Waals surface area contributed by atoms with Gasteiger partial charge in [0, 0.05) is 47.0 Å². The number of nitrogens with one attached hydrogen (secondary N) is 1. The van der Waals surface area contributed by atoms with Gasteiger partial charge in [-0.2, -0.15) is 9.97 Å². The molecule has 1 rings (SSSR count). The van der Waals surface area contributed by atoms with E-state index in [9.17, 15) is 0 Å². The monoisotopic (exact) mass is 269 g/mol. The minimum Gasteiger partial charge on any atom is -0.385 e. The van der Waals surface area contributed by atoms with Gasteiger partial charge in [0.2, 0.25) is 5.95 Å². The summed E-state index contributed by atoms with van der Waals surface area (Å²) in [5, 5.41) is 2.97. The van der Waals surface area contributed by atoms with E-state index in [1.165, 1.54) is 0 Å². The molecule has 1 aromatic rings. The lowest BCUT2D eigenvalue weighted by molar-refractivity contribution is 0.191. The van der Waals surface area contributed by atoms with Gasteiger partial charge >= 0.3 is 0 Å². The third-order valence-corrected chi connectivity index (χ3v) is 2.65. The van der Waals surface area contributed by atoms with Crippen LogP contribution in [0.15, 0.2) is 6.07 Å². The van der Waals surface area contributed by atoms with Crippen LogP contribution in [-0.2, 0) is 9.47 Å². The van der Waals surface area contributed by atoms with Crippen LogP contribution in [0, 0.1) is 0 Å². The molecular weight excluding hydrogens is 246 g/mol. The molecule has 0 aliphatic carbocycles. The lowest BCUT2D eigenvalue weighted by Gasteiger charge is -2.23. The normalized spacial score (nSPS) is 10.5. The Bertz CT molecular complexity index is 375. The lowest BCUT2D eigenvalue weighted by atomic mass is 10.3. The molecule has 0 spiro atoms. The summed E-state index contributed by atoms with van der Waals surface area (Å²) >= 11 is 0. The fourth-order valence-electron chi connectivity index (χ4n) is 1.68. The van der Waals surface area contributed by atoms with Crippen LogP contribution in [0.2, 0.25) is 0 Å². The predicted octanol–water partition coefficient (Wildman–Crippen LogP) is 0.590. The molecule has 0 unspecified atom stereocenters. The number of aromatic nitrogens is 2. The van der Waals surface area contributed by atoms with Crippen molar-refractivity contribution >= 4 is 17.6 Å². The van der Waals surface area contributed by atoms with E-state index in [0.717, 1.165) is 25.3 Å². The molecule has 0 atom stereocenters. The summed E-state index contributed by atoms with van der Waals surface area (Å²) in [6, 6.07) is 1.87. The molecule has 0 saturated carbocycles. The lowest BCUT2D eigenvalue weighted by Crippen LogP contribution is -2.30. The Labute approximate surface area is 114 Å². The number of nitrogen functional groups attached to an aromatic ring is 1. The van der Waals surface area contributed by atoms with Crippen LogP contribution in [0.5, 0.6) is 0 Å². The average molecular weight is 269 g/mol. The van der Waals surface area contributed by atoms with Crippen molar-refractivity contribution in [1.82, 2.24) is 9.97 Å². The van der Waals surface area contributed by atoms with Crippen LogP contribution in [0.1, 0.15) is 6.42 Å². The third-order valence-electron chi connectivity index (χ3n) is 2.65. The molecule has 0 aliphatic rings. The molecule has 0 amide bonds. The highest BCUT2D eigenvalue weighted by atomic mass is 16.5. The molecule has 19 heavy (non-hydrogen) atoms. The quantitative estimate of drug-likeness (QED) is 0.634. The molecule has 0 aliphatic heterocycles. The fourth-order valence-corrected chi connectivity index (χ4v) is 1.68. The summed E-state index contributed by atoms with van der Waals surface area (Å²) in [5.41, 5.74) is 5.71. The van der Waals surface area contributed by atoms with Crippen LogP contribution >= 0.6 is 0 Å². The van der Waals surface area contributed by atoms with Gasteiger partial charge in [0.15, 0.2) is 0 Å². The van der Waals surface area contributed by atoms with Crippen LogP contribution in [0.25, 0.3) is 0 Å². The van der Waals surface area contributed by atoms with Crippen LogP contribution in [0.4, 0.5) is 17.6 Å². The number of hydrogen-bond acceptors (Lipinski definition) is 7. The topological polar surface area (TPSA) is 85.5 Å². The molecular formula is C12H23N5O2. The standard InChI is InChI=1S/C12H23N5O2/c1-14-10-9-11(16-12(13)15-10)17(6-8-19-3)5-4-7-18-2/h9H,4-8H2,1-3H3,(H3,13,14,15,16). The van der Waals surface area contributed by atoms with Gasteiger partial charge in [0.1, 0.15) is 11.6 Å². The number of rotatable bonds is 9. The first kappa shape index (κ1) is 15.5. The Morgan fingerprint density at radius 1 is 1.21 bits per heavy atom. The SMILES string of the molecule is CNc1cc(N(CCCOC)CCOC)nc(N)n1. The van der Waals surface area contributed by atoms with E-state index in [1.54, 1.807) is 21.3 Å². The van der Waals surface area contributed by atoms with Gasteiger partial charge in [0.25, 0.3) is 0 Å². The fraction of sp³-hybridized carbons (Fsp3) is 0.667. The minimum absolute atomic E-state index is 0.260. The van der Waals surface area contributed by atoms with E-state index in [1.807, 2.05) is 6.07 Å². The van der Waals surface area contributed by atoms with Crippen molar-refractivity contribution in [3.05, 3.63) is 6.07 Å².